The molecule has 0 spiro atoms. The molecule has 0 aromatic heterocycles. The van der Waals surface area contributed by atoms with E-state index < -0.39 is 11.6 Å². The van der Waals surface area contributed by atoms with Gasteiger partial charge in [0.1, 0.15) is 5.82 Å². The Labute approximate surface area is 199 Å². The quantitative estimate of drug-likeness (QED) is 0.259. The summed E-state index contributed by atoms with van der Waals surface area (Å²) in [5.74, 6) is -2.23. The summed E-state index contributed by atoms with van der Waals surface area (Å²) in [7, 11) is 0. The average molecular weight is 467 g/mol. The van der Waals surface area contributed by atoms with Crippen molar-refractivity contribution in [3.05, 3.63) is 89.8 Å². The topological polar surface area (TPSA) is 18.5 Å². The number of benzene rings is 3. The van der Waals surface area contributed by atoms with Gasteiger partial charge < -0.3 is 9.47 Å². The molecule has 1 saturated heterocycles. The van der Waals surface area contributed by atoms with Gasteiger partial charge in [-0.25, -0.2) is 8.78 Å². The lowest BCUT2D eigenvalue weighted by atomic mass is 9.90. The first-order valence-corrected chi connectivity index (χ1v) is 11.7. The molecule has 0 amide bonds. The van der Waals surface area contributed by atoms with E-state index in [4.69, 9.17) is 9.47 Å². The molecule has 2 atom stereocenters. The van der Waals surface area contributed by atoms with E-state index in [9.17, 15) is 13.2 Å². The summed E-state index contributed by atoms with van der Waals surface area (Å²) in [4.78, 5) is 0. The van der Waals surface area contributed by atoms with Crippen LogP contribution in [0.5, 0.6) is 5.75 Å². The molecular formula is C29H29F3O2. The van der Waals surface area contributed by atoms with E-state index in [1.807, 2.05) is 38.1 Å². The zero-order valence-electron chi connectivity index (χ0n) is 19.5. The third kappa shape index (κ3) is 5.36. The summed E-state index contributed by atoms with van der Waals surface area (Å²) >= 11 is 0. The highest BCUT2D eigenvalue weighted by atomic mass is 19.2. The molecule has 1 heterocycles. The van der Waals surface area contributed by atoms with Gasteiger partial charge in [0.05, 0.1) is 19.3 Å². The molecule has 34 heavy (non-hydrogen) atoms. The smallest absolute Gasteiger partial charge is 0.201 e. The molecule has 178 valence electrons. The number of hydrogen-bond acceptors (Lipinski definition) is 2. The summed E-state index contributed by atoms with van der Waals surface area (Å²) in [6, 6.07) is 15.2. The Hall–Kier alpha value is -3.05. The molecular weight excluding hydrogens is 437 g/mol. The molecule has 1 fully saturated rings. The molecule has 0 aliphatic carbocycles. The van der Waals surface area contributed by atoms with Crippen molar-refractivity contribution < 1.29 is 22.6 Å². The van der Waals surface area contributed by atoms with Crippen LogP contribution in [0.25, 0.3) is 22.3 Å². The highest BCUT2D eigenvalue weighted by Crippen LogP contribution is 2.34. The first kappa shape index (κ1) is 24.1. The van der Waals surface area contributed by atoms with Crippen LogP contribution < -0.4 is 4.74 Å². The average Bonchev–Trinajstić information content (AvgIpc) is 2.85. The Balaban J connectivity index is 1.50. The van der Waals surface area contributed by atoms with E-state index in [1.54, 1.807) is 24.3 Å². The number of halogens is 3. The minimum atomic E-state index is -0.999. The van der Waals surface area contributed by atoms with Crippen LogP contribution in [0.1, 0.15) is 44.6 Å². The molecule has 0 radical (unpaired) electrons. The second kappa shape index (κ2) is 10.9. The summed E-state index contributed by atoms with van der Waals surface area (Å²) in [5, 5.41) is 0. The van der Waals surface area contributed by atoms with E-state index in [0.717, 1.165) is 24.0 Å². The van der Waals surface area contributed by atoms with Crippen molar-refractivity contribution in [3.63, 3.8) is 0 Å². The van der Waals surface area contributed by atoms with E-state index in [2.05, 4.69) is 0 Å². The van der Waals surface area contributed by atoms with Crippen LogP contribution in [-0.2, 0) is 4.74 Å². The third-order valence-corrected chi connectivity index (χ3v) is 6.30. The molecule has 3 aromatic carbocycles. The van der Waals surface area contributed by atoms with Crippen molar-refractivity contribution in [3.8, 4) is 28.0 Å². The molecule has 0 saturated carbocycles. The molecule has 0 N–H and O–H groups in total. The highest BCUT2D eigenvalue weighted by Gasteiger charge is 2.23. The van der Waals surface area contributed by atoms with Crippen LogP contribution in [0.4, 0.5) is 13.2 Å². The van der Waals surface area contributed by atoms with Gasteiger partial charge in [0.15, 0.2) is 11.6 Å². The van der Waals surface area contributed by atoms with Crippen molar-refractivity contribution in [2.45, 2.75) is 45.1 Å². The molecule has 3 aromatic rings. The van der Waals surface area contributed by atoms with Crippen molar-refractivity contribution in [2.24, 2.45) is 0 Å². The van der Waals surface area contributed by atoms with Gasteiger partial charge in [0.2, 0.25) is 5.82 Å². The molecule has 0 bridgehead atoms. The first-order valence-electron chi connectivity index (χ1n) is 11.7. The number of rotatable bonds is 7. The SMILES string of the molecule is C/C=C\CCOc1ccc(-c2ccc(-c3ccc(C4CCC(C)OC4)c(F)c3)cc2)c(F)c1F. The third-order valence-electron chi connectivity index (χ3n) is 6.30. The van der Waals surface area contributed by atoms with E-state index >= 15 is 0 Å². The van der Waals surface area contributed by atoms with Crippen molar-refractivity contribution in [2.75, 3.05) is 13.2 Å². The van der Waals surface area contributed by atoms with E-state index in [1.165, 1.54) is 18.2 Å². The largest absolute Gasteiger partial charge is 0.490 e. The maximum absolute atomic E-state index is 14.9. The van der Waals surface area contributed by atoms with Crippen molar-refractivity contribution in [1.82, 2.24) is 0 Å². The van der Waals surface area contributed by atoms with Gasteiger partial charge in [0.25, 0.3) is 0 Å². The van der Waals surface area contributed by atoms with Gasteiger partial charge in [-0.15, -0.1) is 0 Å². The Kier molecular flexibility index (Phi) is 7.73. The minimum absolute atomic E-state index is 0.0700. The summed E-state index contributed by atoms with van der Waals surface area (Å²) in [5.41, 5.74) is 2.89. The number of ether oxygens (including phenoxy) is 2. The van der Waals surface area contributed by atoms with Crippen LogP contribution in [0.15, 0.2) is 66.7 Å². The van der Waals surface area contributed by atoms with Crippen LogP contribution in [0.2, 0.25) is 0 Å². The van der Waals surface area contributed by atoms with Crippen LogP contribution in [-0.4, -0.2) is 19.3 Å². The highest BCUT2D eigenvalue weighted by molar-refractivity contribution is 5.71. The zero-order valence-corrected chi connectivity index (χ0v) is 19.5. The molecule has 2 nitrogen and oxygen atoms in total. The number of hydrogen-bond donors (Lipinski definition) is 0. The Morgan fingerprint density at radius 3 is 2.32 bits per heavy atom. The summed E-state index contributed by atoms with van der Waals surface area (Å²) in [6.45, 7) is 4.73. The fourth-order valence-corrected chi connectivity index (χ4v) is 4.28. The first-order chi connectivity index (χ1) is 16.5. The van der Waals surface area contributed by atoms with Crippen molar-refractivity contribution in [1.29, 1.82) is 0 Å². The number of allylic oxidation sites excluding steroid dienone is 1. The van der Waals surface area contributed by atoms with E-state index in [-0.39, 0.29) is 35.8 Å². The lowest BCUT2D eigenvalue weighted by Crippen LogP contribution is -2.22. The Morgan fingerprint density at radius 1 is 0.912 bits per heavy atom. The van der Waals surface area contributed by atoms with Crippen molar-refractivity contribution >= 4 is 0 Å². The monoisotopic (exact) mass is 466 g/mol. The standard InChI is InChI=1S/C29H29F3O2/c1-3-4-5-16-33-27-15-14-25(28(31)29(27)32)21-10-8-20(9-11-21)22-12-13-24(26(30)17-22)23-7-6-19(2)34-18-23/h3-4,8-15,17,19,23H,5-7,16,18H2,1-2H3/b4-3-. The molecule has 1 aliphatic heterocycles. The summed E-state index contributed by atoms with van der Waals surface area (Å²) < 4.78 is 55.1. The fourth-order valence-electron chi connectivity index (χ4n) is 4.28. The molecule has 4 rings (SSSR count). The fraction of sp³-hybridized carbons (Fsp3) is 0.310. The predicted octanol–water partition coefficient (Wildman–Crippen LogP) is 8.07. The normalized spacial score (nSPS) is 18.4. The van der Waals surface area contributed by atoms with Gasteiger partial charge in [-0.05, 0) is 73.6 Å². The predicted molar refractivity (Wildman–Crippen MR) is 130 cm³/mol. The second-order valence-corrected chi connectivity index (χ2v) is 8.68. The van der Waals surface area contributed by atoms with Gasteiger partial charge in [-0.3, -0.25) is 0 Å². The van der Waals surface area contributed by atoms with Crippen LogP contribution >= 0.6 is 0 Å². The lowest BCUT2D eigenvalue weighted by molar-refractivity contribution is 0.0148. The maximum Gasteiger partial charge on any atom is 0.201 e. The molecule has 1 aliphatic rings. The second-order valence-electron chi connectivity index (χ2n) is 8.68. The molecule has 5 heteroatoms. The lowest BCUT2D eigenvalue weighted by Gasteiger charge is -2.27. The zero-order chi connectivity index (χ0) is 24.1. The Morgan fingerprint density at radius 2 is 1.65 bits per heavy atom. The minimum Gasteiger partial charge on any atom is -0.490 e. The van der Waals surface area contributed by atoms with Gasteiger partial charge >= 0.3 is 0 Å². The van der Waals surface area contributed by atoms with Gasteiger partial charge in [0, 0.05) is 11.5 Å². The van der Waals surface area contributed by atoms with E-state index in [0.29, 0.717) is 24.2 Å². The van der Waals surface area contributed by atoms with Gasteiger partial charge in [-0.1, -0.05) is 48.6 Å². The van der Waals surface area contributed by atoms with Crippen LogP contribution in [0.3, 0.4) is 0 Å². The van der Waals surface area contributed by atoms with Crippen LogP contribution in [0, 0.1) is 17.5 Å². The maximum atomic E-state index is 14.9. The Bertz CT molecular complexity index is 1150. The molecule has 2 unspecified atom stereocenters. The summed E-state index contributed by atoms with van der Waals surface area (Å²) in [6.07, 6.45) is 6.45. The van der Waals surface area contributed by atoms with Gasteiger partial charge in [-0.2, -0.15) is 4.39 Å².